The molecule has 0 aliphatic carbocycles. The fourth-order valence-corrected chi connectivity index (χ4v) is 3.59. The molecule has 2 aliphatic rings. The van der Waals surface area contributed by atoms with Crippen LogP contribution in [-0.4, -0.2) is 36.5 Å². The number of carbonyl (C=O) groups is 1. The summed E-state index contributed by atoms with van der Waals surface area (Å²) in [6.45, 7) is 6.70. The van der Waals surface area contributed by atoms with Crippen molar-refractivity contribution in [2.75, 3.05) is 19.6 Å². The Labute approximate surface area is 130 Å². The van der Waals surface area contributed by atoms with Gasteiger partial charge in [0.05, 0.1) is 5.56 Å². The Morgan fingerprint density at radius 1 is 1.32 bits per heavy atom. The van der Waals surface area contributed by atoms with Crippen LogP contribution in [0, 0.1) is 0 Å². The lowest BCUT2D eigenvalue weighted by atomic mass is 9.94. The van der Waals surface area contributed by atoms with Gasteiger partial charge in [0.1, 0.15) is 6.61 Å². The van der Waals surface area contributed by atoms with Gasteiger partial charge in [0.15, 0.2) is 0 Å². The molecule has 0 spiro atoms. The van der Waals surface area contributed by atoms with Crippen LogP contribution in [0.3, 0.4) is 0 Å². The summed E-state index contributed by atoms with van der Waals surface area (Å²) in [7, 11) is 0. The second-order valence-electron chi connectivity index (χ2n) is 6.28. The van der Waals surface area contributed by atoms with Gasteiger partial charge in [-0.25, -0.2) is 4.79 Å². The lowest BCUT2D eigenvalue weighted by molar-refractivity contribution is 0.0463. The molecule has 22 heavy (non-hydrogen) atoms. The average molecular weight is 296 g/mol. The van der Waals surface area contributed by atoms with Crippen LogP contribution < -0.4 is 5.32 Å². The van der Waals surface area contributed by atoms with Crippen LogP contribution in [0.4, 0.5) is 0 Å². The molecule has 2 aromatic carbocycles. The van der Waals surface area contributed by atoms with Gasteiger partial charge in [-0.05, 0) is 29.5 Å². The van der Waals surface area contributed by atoms with E-state index in [1.165, 1.54) is 10.9 Å². The second kappa shape index (κ2) is 5.38. The predicted octanol–water partition coefficient (Wildman–Crippen LogP) is 2.30. The molecule has 1 saturated heterocycles. The van der Waals surface area contributed by atoms with Crippen molar-refractivity contribution in [2.45, 2.75) is 26.1 Å². The van der Waals surface area contributed by atoms with E-state index in [0.29, 0.717) is 18.2 Å². The standard InChI is InChI=1S/C18H20N2O2/c1-12-9-20(8-7-19-12)10-13-5-6-14-11-22-18(21)16-4-2-3-15(13)17(14)16/h2-6,12,19H,7-11H2,1H3. The monoisotopic (exact) mass is 296 g/mol. The minimum Gasteiger partial charge on any atom is -0.457 e. The van der Waals surface area contributed by atoms with Gasteiger partial charge in [-0.1, -0.05) is 24.3 Å². The smallest absolute Gasteiger partial charge is 0.339 e. The number of benzene rings is 2. The van der Waals surface area contributed by atoms with Crippen LogP contribution in [0.5, 0.6) is 0 Å². The van der Waals surface area contributed by atoms with Crippen molar-refractivity contribution in [3.63, 3.8) is 0 Å². The number of carbonyl (C=O) groups excluding carboxylic acids is 1. The van der Waals surface area contributed by atoms with E-state index in [9.17, 15) is 4.79 Å². The molecular weight excluding hydrogens is 276 g/mol. The zero-order chi connectivity index (χ0) is 15.1. The van der Waals surface area contributed by atoms with Crippen molar-refractivity contribution in [3.05, 3.63) is 47.0 Å². The van der Waals surface area contributed by atoms with Crippen LogP contribution >= 0.6 is 0 Å². The molecule has 4 rings (SSSR count). The molecule has 2 aromatic rings. The molecule has 2 heterocycles. The van der Waals surface area contributed by atoms with Crippen LogP contribution in [0.15, 0.2) is 30.3 Å². The Kier molecular flexibility index (Phi) is 3.36. The van der Waals surface area contributed by atoms with Gasteiger partial charge in [0, 0.05) is 37.6 Å². The fourth-order valence-electron chi connectivity index (χ4n) is 3.59. The summed E-state index contributed by atoms with van der Waals surface area (Å²) in [4.78, 5) is 14.5. The summed E-state index contributed by atoms with van der Waals surface area (Å²) in [6.07, 6.45) is 0. The van der Waals surface area contributed by atoms with Crippen molar-refractivity contribution >= 4 is 16.7 Å². The van der Waals surface area contributed by atoms with E-state index in [2.05, 4.69) is 35.3 Å². The van der Waals surface area contributed by atoms with E-state index in [-0.39, 0.29) is 5.97 Å². The number of hydrogen-bond acceptors (Lipinski definition) is 4. The van der Waals surface area contributed by atoms with E-state index in [4.69, 9.17) is 4.74 Å². The van der Waals surface area contributed by atoms with Crippen molar-refractivity contribution in [3.8, 4) is 0 Å². The Hall–Kier alpha value is -1.91. The maximum Gasteiger partial charge on any atom is 0.339 e. The van der Waals surface area contributed by atoms with E-state index >= 15 is 0 Å². The third-order valence-electron chi connectivity index (χ3n) is 4.64. The largest absolute Gasteiger partial charge is 0.457 e. The number of cyclic esters (lactones) is 1. The van der Waals surface area contributed by atoms with Gasteiger partial charge in [0.2, 0.25) is 0 Å². The minimum absolute atomic E-state index is 0.203. The maximum absolute atomic E-state index is 12.0. The SMILES string of the molecule is CC1CN(Cc2ccc3c4c(cccc24)C(=O)OC3)CCN1. The van der Waals surface area contributed by atoms with Gasteiger partial charge in [0.25, 0.3) is 0 Å². The van der Waals surface area contributed by atoms with E-state index in [1.807, 2.05) is 12.1 Å². The number of nitrogens with zero attached hydrogens (tertiary/aromatic N) is 1. The van der Waals surface area contributed by atoms with Gasteiger partial charge < -0.3 is 10.1 Å². The highest BCUT2D eigenvalue weighted by Gasteiger charge is 2.22. The zero-order valence-electron chi connectivity index (χ0n) is 12.8. The first-order valence-corrected chi connectivity index (χ1v) is 7.89. The first-order valence-electron chi connectivity index (χ1n) is 7.89. The third kappa shape index (κ3) is 2.28. The van der Waals surface area contributed by atoms with E-state index < -0.39 is 0 Å². The summed E-state index contributed by atoms with van der Waals surface area (Å²) in [5, 5.41) is 5.75. The van der Waals surface area contributed by atoms with Crippen molar-refractivity contribution in [2.24, 2.45) is 0 Å². The molecule has 0 bridgehead atoms. The molecule has 114 valence electrons. The first-order chi connectivity index (χ1) is 10.7. The van der Waals surface area contributed by atoms with E-state index in [0.717, 1.165) is 37.1 Å². The molecule has 0 aromatic heterocycles. The van der Waals surface area contributed by atoms with E-state index in [1.54, 1.807) is 0 Å². The zero-order valence-corrected chi connectivity index (χ0v) is 12.8. The Morgan fingerprint density at radius 2 is 2.23 bits per heavy atom. The van der Waals surface area contributed by atoms with Gasteiger partial charge in [-0.3, -0.25) is 4.90 Å². The van der Waals surface area contributed by atoms with Gasteiger partial charge in [-0.15, -0.1) is 0 Å². The average Bonchev–Trinajstić information content (AvgIpc) is 2.53. The lowest BCUT2D eigenvalue weighted by Crippen LogP contribution is -2.48. The van der Waals surface area contributed by atoms with Crippen molar-refractivity contribution in [1.82, 2.24) is 10.2 Å². The normalized spacial score (nSPS) is 21.9. The van der Waals surface area contributed by atoms with Crippen LogP contribution in [0.25, 0.3) is 10.8 Å². The summed E-state index contributed by atoms with van der Waals surface area (Å²) >= 11 is 0. The number of hydrogen-bond donors (Lipinski definition) is 1. The Bertz CT molecular complexity index is 741. The van der Waals surface area contributed by atoms with Crippen LogP contribution in [0.2, 0.25) is 0 Å². The Balaban J connectivity index is 1.75. The molecule has 4 heteroatoms. The number of piperazine rings is 1. The van der Waals surface area contributed by atoms with Gasteiger partial charge >= 0.3 is 5.97 Å². The summed E-state index contributed by atoms with van der Waals surface area (Å²) < 4.78 is 5.24. The highest BCUT2D eigenvalue weighted by Crippen LogP contribution is 2.31. The quantitative estimate of drug-likeness (QED) is 0.864. The molecule has 1 N–H and O–H groups in total. The summed E-state index contributed by atoms with van der Waals surface area (Å²) in [5.74, 6) is -0.203. The minimum atomic E-state index is -0.203. The molecule has 0 amide bonds. The Morgan fingerprint density at radius 3 is 3.09 bits per heavy atom. The van der Waals surface area contributed by atoms with Crippen molar-refractivity contribution < 1.29 is 9.53 Å². The predicted molar refractivity (Wildman–Crippen MR) is 85.8 cm³/mol. The molecule has 1 fully saturated rings. The van der Waals surface area contributed by atoms with Crippen LogP contribution in [0.1, 0.15) is 28.4 Å². The number of rotatable bonds is 2. The highest BCUT2D eigenvalue weighted by molar-refractivity contribution is 6.08. The first kappa shape index (κ1) is 13.7. The number of ether oxygens (including phenoxy) is 1. The maximum atomic E-state index is 12.0. The molecule has 0 radical (unpaired) electrons. The number of nitrogens with one attached hydrogen (secondary N) is 1. The molecule has 1 unspecified atom stereocenters. The summed E-state index contributed by atoms with van der Waals surface area (Å²) in [6, 6.07) is 10.8. The molecular formula is C18H20N2O2. The topological polar surface area (TPSA) is 41.6 Å². The summed E-state index contributed by atoms with van der Waals surface area (Å²) in [5.41, 5.74) is 3.11. The molecule has 2 aliphatic heterocycles. The van der Waals surface area contributed by atoms with Gasteiger partial charge in [-0.2, -0.15) is 0 Å². The van der Waals surface area contributed by atoms with Crippen LogP contribution in [-0.2, 0) is 17.9 Å². The molecule has 0 saturated carbocycles. The second-order valence-corrected chi connectivity index (χ2v) is 6.28. The molecule has 1 atom stereocenters. The third-order valence-corrected chi connectivity index (χ3v) is 4.64. The number of esters is 1. The lowest BCUT2D eigenvalue weighted by Gasteiger charge is -2.32. The highest BCUT2D eigenvalue weighted by atomic mass is 16.5. The molecule has 4 nitrogen and oxygen atoms in total. The van der Waals surface area contributed by atoms with Crippen molar-refractivity contribution in [1.29, 1.82) is 0 Å². The fraction of sp³-hybridized carbons (Fsp3) is 0.389.